The van der Waals surface area contributed by atoms with Crippen LogP contribution in [0.4, 0.5) is 8.78 Å². The fraction of sp³-hybridized carbons (Fsp3) is 0.381. The monoisotopic (exact) mass is 460 g/mol. The Bertz CT molecular complexity index is 1060. The first-order chi connectivity index (χ1) is 15.4. The Labute approximate surface area is 187 Å². The highest BCUT2D eigenvalue weighted by Crippen LogP contribution is 2.33. The number of alkyl halides is 2. The molecule has 1 aliphatic heterocycles. The largest absolute Gasteiger partial charge is 0.382 e. The molecular weight excluding hydrogens is 438 g/mol. The molecule has 168 valence electrons. The molecule has 3 heterocycles. The third-order valence-corrected chi connectivity index (χ3v) is 6.41. The number of carbonyl (C=O) groups is 1. The van der Waals surface area contributed by atoms with Gasteiger partial charge in [0.25, 0.3) is 0 Å². The Hall–Kier alpha value is -3.05. The van der Waals surface area contributed by atoms with E-state index in [2.05, 4.69) is 25.6 Å². The number of H-pyrrole nitrogens is 1. The standard InChI is InChI=1S/C21H22F2N6O2S/c22-21(23,14-5-2-1-3-6-14)17(30)10-8-15-9-11-19(31)29(15)12-4-7-18-24-13-16(32-18)20-25-27-28-26-20/h1-3,5-6,8,10,13,15,17,30H,4,7,9,11-12H2,(H,25,26,27,28)/b10-8+/t15-,17?/m0/s1. The Morgan fingerprint density at radius 1 is 1.34 bits per heavy atom. The van der Waals surface area contributed by atoms with E-state index in [1.807, 2.05) is 0 Å². The third-order valence-electron chi connectivity index (χ3n) is 5.34. The molecule has 0 aliphatic carbocycles. The molecule has 2 aromatic heterocycles. The number of amides is 1. The van der Waals surface area contributed by atoms with Gasteiger partial charge in [0.05, 0.1) is 15.9 Å². The van der Waals surface area contributed by atoms with Gasteiger partial charge in [-0.25, -0.2) is 10.1 Å². The Morgan fingerprint density at radius 3 is 2.91 bits per heavy atom. The molecule has 0 spiro atoms. The lowest BCUT2D eigenvalue weighted by Gasteiger charge is -2.24. The first kappa shape index (κ1) is 22.2. The van der Waals surface area contributed by atoms with Crippen molar-refractivity contribution in [1.82, 2.24) is 30.5 Å². The van der Waals surface area contributed by atoms with Gasteiger partial charge in [-0.3, -0.25) is 4.79 Å². The van der Waals surface area contributed by atoms with Gasteiger partial charge in [0.1, 0.15) is 6.10 Å². The van der Waals surface area contributed by atoms with Crippen LogP contribution in [0.15, 0.2) is 48.7 Å². The van der Waals surface area contributed by atoms with E-state index in [-0.39, 0.29) is 17.5 Å². The summed E-state index contributed by atoms with van der Waals surface area (Å²) in [6.45, 7) is 0.484. The number of aliphatic hydroxyl groups is 1. The summed E-state index contributed by atoms with van der Waals surface area (Å²) in [5.74, 6) is -2.87. The predicted octanol–water partition coefficient (Wildman–Crippen LogP) is 2.96. The smallest absolute Gasteiger partial charge is 0.302 e. The maximum absolute atomic E-state index is 14.5. The highest BCUT2D eigenvalue weighted by molar-refractivity contribution is 7.15. The van der Waals surface area contributed by atoms with Gasteiger partial charge in [-0.1, -0.05) is 42.5 Å². The first-order valence-corrected chi connectivity index (χ1v) is 11.0. The van der Waals surface area contributed by atoms with Crippen LogP contribution in [0.3, 0.4) is 0 Å². The van der Waals surface area contributed by atoms with Crippen molar-refractivity contribution < 1.29 is 18.7 Å². The number of halogens is 2. The summed E-state index contributed by atoms with van der Waals surface area (Å²) in [6, 6.07) is 6.91. The van der Waals surface area contributed by atoms with Gasteiger partial charge in [-0.05, 0) is 23.3 Å². The van der Waals surface area contributed by atoms with Crippen molar-refractivity contribution in [2.45, 2.75) is 43.8 Å². The molecular formula is C21H22F2N6O2S. The second-order valence-corrected chi connectivity index (χ2v) is 8.60. The first-order valence-electron chi connectivity index (χ1n) is 10.2. The summed E-state index contributed by atoms with van der Waals surface area (Å²) in [4.78, 5) is 19.2. The Kier molecular flexibility index (Phi) is 6.66. The molecule has 2 atom stereocenters. The van der Waals surface area contributed by atoms with Gasteiger partial charge in [0, 0.05) is 31.1 Å². The Morgan fingerprint density at radius 2 is 2.16 bits per heavy atom. The maximum atomic E-state index is 14.5. The number of aryl methyl sites for hydroxylation is 1. The number of rotatable bonds is 9. The normalized spacial score (nSPS) is 18.0. The molecule has 2 N–H and O–H groups in total. The van der Waals surface area contributed by atoms with Gasteiger partial charge in [0.2, 0.25) is 5.91 Å². The fourth-order valence-corrected chi connectivity index (χ4v) is 4.53. The number of carbonyl (C=O) groups excluding carboxylic acids is 1. The summed E-state index contributed by atoms with van der Waals surface area (Å²) in [5.41, 5.74) is -0.250. The van der Waals surface area contributed by atoms with Crippen LogP contribution in [-0.2, 0) is 17.1 Å². The van der Waals surface area contributed by atoms with Gasteiger partial charge in [0.15, 0.2) is 5.82 Å². The second kappa shape index (κ2) is 9.61. The molecule has 3 aromatic rings. The highest BCUT2D eigenvalue weighted by Gasteiger charge is 2.39. The van der Waals surface area contributed by atoms with E-state index in [0.717, 1.165) is 16.0 Å². The van der Waals surface area contributed by atoms with Crippen molar-refractivity contribution in [3.8, 4) is 10.7 Å². The minimum absolute atomic E-state index is 0.0171. The number of thiazole rings is 1. The molecule has 4 rings (SSSR count). The second-order valence-electron chi connectivity index (χ2n) is 7.48. The molecule has 1 unspecified atom stereocenters. The number of hydrogen-bond acceptors (Lipinski definition) is 7. The summed E-state index contributed by atoms with van der Waals surface area (Å²) in [7, 11) is 0. The number of benzene rings is 1. The van der Waals surface area contributed by atoms with E-state index >= 15 is 0 Å². The van der Waals surface area contributed by atoms with E-state index in [4.69, 9.17) is 0 Å². The summed E-state index contributed by atoms with van der Waals surface area (Å²) in [5, 5.41) is 24.6. The van der Waals surface area contributed by atoms with E-state index < -0.39 is 12.0 Å². The number of aromatic amines is 1. The van der Waals surface area contributed by atoms with Gasteiger partial charge < -0.3 is 10.0 Å². The average Bonchev–Trinajstić information content (AvgIpc) is 3.55. The van der Waals surface area contributed by atoms with E-state index in [9.17, 15) is 18.7 Å². The van der Waals surface area contributed by atoms with Crippen molar-refractivity contribution in [2.24, 2.45) is 0 Å². The van der Waals surface area contributed by atoms with Crippen LogP contribution in [0, 0.1) is 0 Å². The SMILES string of the molecule is O=C1CC[C@H](/C=C/C(O)C(F)(F)c2ccccc2)N1CCCc1ncc(-c2nnn[nH]2)s1. The molecule has 11 heteroatoms. The number of nitrogens with zero attached hydrogens (tertiary/aromatic N) is 5. The van der Waals surface area contributed by atoms with Crippen molar-refractivity contribution in [3.63, 3.8) is 0 Å². The van der Waals surface area contributed by atoms with Crippen LogP contribution in [-0.4, -0.2) is 60.2 Å². The average molecular weight is 461 g/mol. The van der Waals surface area contributed by atoms with Crippen LogP contribution in [0.2, 0.25) is 0 Å². The molecule has 32 heavy (non-hydrogen) atoms. The molecule has 0 saturated carbocycles. The number of likely N-dealkylation sites (tertiary alicyclic amines) is 1. The van der Waals surface area contributed by atoms with Crippen LogP contribution in [0.5, 0.6) is 0 Å². The summed E-state index contributed by atoms with van der Waals surface area (Å²) < 4.78 is 29.0. The van der Waals surface area contributed by atoms with Gasteiger partial charge in [-0.15, -0.1) is 16.4 Å². The molecule has 1 aliphatic rings. The lowest BCUT2D eigenvalue weighted by Crippen LogP contribution is -2.34. The number of nitrogens with one attached hydrogen (secondary N) is 1. The zero-order valence-corrected chi connectivity index (χ0v) is 17.9. The van der Waals surface area contributed by atoms with Crippen molar-refractivity contribution in [2.75, 3.05) is 6.54 Å². The van der Waals surface area contributed by atoms with Crippen molar-refractivity contribution >= 4 is 17.2 Å². The van der Waals surface area contributed by atoms with Crippen LogP contribution < -0.4 is 0 Å². The minimum atomic E-state index is -3.41. The minimum Gasteiger partial charge on any atom is -0.382 e. The summed E-state index contributed by atoms with van der Waals surface area (Å²) >= 11 is 1.47. The molecule has 0 radical (unpaired) electrons. The maximum Gasteiger partial charge on any atom is 0.302 e. The van der Waals surface area contributed by atoms with Gasteiger partial charge in [-0.2, -0.15) is 8.78 Å². The van der Waals surface area contributed by atoms with Crippen LogP contribution in [0.25, 0.3) is 10.7 Å². The molecule has 1 amide bonds. The Balaban J connectivity index is 1.33. The van der Waals surface area contributed by atoms with Crippen LogP contribution in [0.1, 0.15) is 29.8 Å². The molecule has 8 nitrogen and oxygen atoms in total. The lowest BCUT2D eigenvalue weighted by molar-refractivity contribution is -0.128. The molecule has 0 bridgehead atoms. The lowest BCUT2D eigenvalue weighted by atomic mass is 10.0. The number of aromatic nitrogens is 5. The zero-order valence-electron chi connectivity index (χ0n) is 17.1. The molecule has 1 saturated heterocycles. The quantitative estimate of drug-likeness (QED) is 0.476. The van der Waals surface area contributed by atoms with Crippen molar-refractivity contribution in [1.29, 1.82) is 0 Å². The number of aliphatic hydroxyl groups excluding tert-OH is 1. The van der Waals surface area contributed by atoms with E-state index in [0.29, 0.717) is 38.1 Å². The third kappa shape index (κ3) is 4.89. The topological polar surface area (TPSA) is 108 Å². The van der Waals surface area contributed by atoms with Gasteiger partial charge >= 0.3 is 5.92 Å². The van der Waals surface area contributed by atoms with E-state index in [1.165, 1.54) is 41.7 Å². The van der Waals surface area contributed by atoms with Crippen molar-refractivity contribution in [3.05, 3.63) is 59.3 Å². The predicted molar refractivity (Wildman–Crippen MR) is 114 cm³/mol. The number of tetrazole rings is 1. The molecule has 1 aromatic carbocycles. The number of hydrogen-bond donors (Lipinski definition) is 2. The highest BCUT2D eigenvalue weighted by atomic mass is 32.1. The fourth-order valence-electron chi connectivity index (χ4n) is 3.63. The van der Waals surface area contributed by atoms with E-state index in [1.54, 1.807) is 17.2 Å². The zero-order chi connectivity index (χ0) is 22.6. The summed E-state index contributed by atoms with van der Waals surface area (Å²) in [6.07, 6.45) is 4.60. The molecule has 1 fully saturated rings. The van der Waals surface area contributed by atoms with Crippen LogP contribution >= 0.6 is 11.3 Å².